The van der Waals surface area contributed by atoms with Crippen LogP contribution in [0.25, 0.3) is 110 Å². The van der Waals surface area contributed by atoms with Crippen molar-refractivity contribution >= 4 is 65.0 Å². The first-order valence-electron chi connectivity index (χ1n) is 17.9. The Morgan fingerprint density at radius 2 is 0.887 bits per heavy atom. The molecule has 2 aromatic heterocycles. The Morgan fingerprint density at radius 1 is 0.302 bits per heavy atom. The fourth-order valence-electron chi connectivity index (χ4n) is 8.04. The molecule has 9 aromatic carbocycles. The van der Waals surface area contributed by atoms with Gasteiger partial charge in [0, 0.05) is 32.8 Å². The molecule has 4 nitrogen and oxygen atoms in total. The van der Waals surface area contributed by atoms with Gasteiger partial charge >= 0.3 is 0 Å². The van der Waals surface area contributed by atoms with Gasteiger partial charge in [0.15, 0.2) is 17.5 Å². The van der Waals surface area contributed by atoms with Gasteiger partial charge in [0.1, 0.15) is 11.2 Å². The summed E-state index contributed by atoms with van der Waals surface area (Å²) in [5, 5.41) is 11.4. The molecule has 0 bridgehead atoms. The van der Waals surface area contributed by atoms with E-state index in [4.69, 9.17) is 19.4 Å². The number of furan rings is 1. The maximum absolute atomic E-state index is 6.37. The Balaban J connectivity index is 1.26. The van der Waals surface area contributed by atoms with E-state index in [9.17, 15) is 0 Å². The molecule has 246 valence electrons. The second-order valence-corrected chi connectivity index (χ2v) is 13.5. The molecule has 0 radical (unpaired) electrons. The maximum Gasteiger partial charge on any atom is 0.164 e. The SMILES string of the molecule is c1ccc(-c2nc(-c3cc4ccccc4cc3-c3cccc4oc5ccccc5c34)nc(-c3cc4ccccc4c4ccc5ccccc5c34)n2)cc1. The van der Waals surface area contributed by atoms with Crippen molar-refractivity contribution in [2.75, 3.05) is 0 Å². The van der Waals surface area contributed by atoms with Crippen LogP contribution in [0.1, 0.15) is 0 Å². The minimum absolute atomic E-state index is 0.612. The molecule has 53 heavy (non-hydrogen) atoms. The molecule has 11 aromatic rings. The molecule has 0 unspecified atom stereocenters. The van der Waals surface area contributed by atoms with Gasteiger partial charge in [-0.05, 0) is 79.2 Å². The zero-order chi connectivity index (χ0) is 34.9. The second-order valence-electron chi connectivity index (χ2n) is 13.5. The van der Waals surface area contributed by atoms with Crippen molar-refractivity contribution in [1.82, 2.24) is 15.0 Å². The fourth-order valence-corrected chi connectivity index (χ4v) is 8.04. The first-order chi connectivity index (χ1) is 26.3. The van der Waals surface area contributed by atoms with Crippen molar-refractivity contribution < 1.29 is 4.42 Å². The predicted molar refractivity (Wildman–Crippen MR) is 219 cm³/mol. The summed E-state index contributed by atoms with van der Waals surface area (Å²) in [6, 6.07) is 61.6. The smallest absolute Gasteiger partial charge is 0.164 e. The second kappa shape index (κ2) is 11.7. The van der Waals surface area contributed by atoms with E-state index in [0.29, 0.717) is 17.5 Å². The Hall–Kier alpha value is -7.17. The number of rotatable bonds is 4. The largest absolute Gasteiger partial charge is 0.456 e. The Bertz CT molecular complexity index is 3240. The summed E-state index contributed by atoms with van der Waals surface area (Å²) in [7, 11) is 0. The molecule has 0 atom stereocenters. The third-order valence-electron chi connectivity index (χ3n) is 10.5. The van der Waals surface area contributed by atoms with Crippen LogP contribution in [0.5, 0.6) is 0 Å². The van der Waals surface area contributed by atoms with E-state index in [1.807, 2.05) is 36.4 Å². The van der Waals surface area contributed by atoms with Crippen LogP contribution in [-0.4, -0.2) is 15.0 Å². The molecule has 4 heteroatoms. The summed E-state index contributed by atoms with van der Waals surface area (Å²) in [5.41, 5.74) is 6.64. The van der Waals surface area contributed by atoms with E-state index in [2.05, 4.69) is 140 Å². The number of hydrogen-bond donors (Lipinski definition) is 0. The third-order valence-corrected chi connectivity index (χ3v) is 10.5. The highest BCUT2D eigenvalue weighted by Gasteiger charge is 2.22. The normalized spacial score (nSPS) is 11.8. The lowest BCUT2D eigenvalue weighted by molar-refractivity contribution is 0.669. The lowest BCUT2D eigenvalue weighted by Gasteiger charge is -2.16. The fraction of sp³-hybridized carbons (Fsp3) is 0. The molecule has 11 rings (SSSR count). The van der Waals surface area contributed by atoms with Crippen molar-refractivity contribution in [2.45, 2.75) is 0 Å². The topological polar surface area (TPSA) is 51.8 Å². The van der Waals surface area contributed by atoms with E-state index in [1.165, 1.54) is 21.5 Å². The first kappa shape index (κ1) is 29.5. The molecule has 0 fully saturated rings. The summed E-state index contributed by atoms with van der Waals surface area (Å²) in [6.45, 7) is 0. The highest BCUT2D eigenvalue weighted by atomic mass is 16.3. The molecule has 0 saturated carbocycles. The summed E-state index contributed by atoms with van der Waals surface area (Å²) >= 11 is 0. The van der Waals surface area contributed by atoms with Gasteiger partial charge in [0.2, 0.25) is 0 Å². The lowest BCUT2D eigenvalue weighted by Crippen LogP contribution is -2.02. The van der Waals surface area contributed by atoms with Gasteiger partial charge in [-0.1, -0.05) is 146 Å². The van der Waals surface area contributed by atoms with Gasteiger partial charge in [-0.15, -0.1) is 0 Å². The van der Waals surface area contributed by atoms with Crippen molar-refractivity contribution in [2.24, 2.45) is 0 Å². The highest BCUT2D eigenvalue weighted by Crippen LogP contribution is 2.43. The van der Waals surface area contributed by atoms with Crippen LogP contribution in [0.2, 0.25) is 0 Å². The van der Waals surface area contributed by atoms with Crippen molar-refractivity contribution in [1.29, 1.82) is 0 Å². The molecular formula is C49H29N3O. The van der Waals surface area contributed by atoms with Crippen LogP contribution in [0.3, 0.4) is 0 Å². The summed E-state index contributed by atoms with van der Waals surface area (Å²) in [6.07, 6.45) is 0. The maximum atomic E-state index is 6.37. The van der Waals surface area contributed by atoms with Gasteiger partial charge in [-0.25, -0.2) is 15.0 Å². The van der Waals surface area contributed by atoms with E-state index in [-0.39, 0.29) is 0 Å². The molecule has 0 saturated heterocycles. The monoisotopic (exact) mass is 675 g/mol. The number of aromatic nitrogens is 3. The van der Waals surface area contributed by atoms with Gasteiger partial charge in [-0.2, -0.15) is 0 Å². The average molecular weight is 676 g/mol. The molecule has 0 aliphatic rings. The molecule has 0 aliphatic carbocycles. The minimum Gasteiger partial charge on any atom is -0.456 e. The number of hydrogen-bond acceptors (Lipinski definition) is 4. The summed E-state index contributed by atoms with van der Waals surface area (Å²) in [5.74, 6) is 1.87. The summed E-state index contributed by atoms with van der Waals surface area (Å²) < 4.78 is 6.37. The number of para-hydroxylation sites is 1. The zero-order valence-corrected chi connectivity index (χ0v) is 28.5. The van der Waals surface area contributed by atoms with Crippen molar-refractivity contribution in [3.05, 3.63) is 176 Å². The molecule has 2 heterocycles. The molecule has 0 spiro atoms. The van der Waals surface area contributed by atoms with Crippen molar-refractivity contribution in [3.8, 4) is 45.3 Å². The lowest BCUT2D eigenvalue weighted by atomic mass is 9.91. The standard InChI is InChI=1S/C49H29N3O/c1-2-14-31(15-3-1)47-50-48(52-49(51-47)42-29-34-18-7-8-19-35(34)38-26-25-30-13-6-9-20-36(30)45(38)42)41-28-33-17-5-4-16-32(33)27-40(41)37-22-12-24-44-46(37)39-21-10-11-23-43(39)53-44/h1-29H. The zero-order valence-electron chi connectivity index (χ0n) is 28.5. The first-order valence-corrected chi connectivity index (χ1v) is 17.9. The van der Waals surface area contributed by atoms with Crippen LogP contribution in [-0.2, 0) is 0 Å². The Kier molecular flexibility index (Phi) is 6.52. The predicted octanol–water partition coefficient (Wildman–Crippen LogP) is 13.1. The van der Waals surface area contributed by atoms with Gasteiger partial charge in [0.05, 0.1) is 0 Å². The van der Waals surface area contributed by atoms with Crippen LogP contribution < -0.4 is 0 Å². The highest BCUT2D eigenvalue weighted by molar-refractivity contribution is 6.22. The Labute approximate surface area is 304 Å². The van der Waals surface area contributed by atoms with E-state index < -0.39 is 0 Å². The number of nitrogens with zero attached hydrogens (tertiary/aromatic N) is 3. The van der Waals surface area contributed by atoms with Crippen molar-refractivity contribution in [3.63, 3.8) is 0 Å². The summed E-state index contributed by atoms with van der Waals surface area (Å²) in [4.78, 5) is 16.0. The van der Waals surface area contributed by atoms with Crippen LogP contribution in [0, 0.1) is 0 Å². The van der Waals surface area contributed by atoms with Gasteiger partial charge in [-0.3, -0.25) is 0 Å². The average Bonchev–Trinajstić information content (AvgIpc) is 3.62. The Morgan fingerprint density at radius 3 is 1.70 bits per heavy atom. The van der Waals surface area contributed by atoms with E-state index >= 15 is 0 Å². The van der Waals surface area contributed by atoms with Gasteiger partial charge in [0.25, 0.3) is 0 Å². The molecular weight excluding hydrogens is 647 g/mol. The van der Waals surface area contributed by atoms with E-state index in [0.717, 1.165) is 71.3 Å². The van der Waals surface area contributed by atoms with Crippen LogP contribution in [0.15, 0.2) is 180 Å². The van der Waals surface area contributed by atoms with Crippen LogP contribution in [0.4, 0.5) is 0 Å². The third kappa shape index (κ3) is 4.73. The molecule has 0 aliphatic heterocycles. The van der Waals surface area contributed by atoms with Crippen LogP contribution >= 0.6 is 0 Å². The van der Waals surface area contributed by atoms with E-state index in [1.54, 1.807) is 0 Å². The molecule has 0 N–H and O–H groups in total. The number of fused-ring (bicyclic) bond motifs is 9. The number of benzene rings is 9. The van der Waals surface area contributed by atoms with Gasteiger partial charge < -0.3 is 4.42 Å². The molecule has 0 amide bonds. The quantitative estimate of drug-likeness (QED) is 0.174. The minimum atomic E-state index is 0.612.